The van der Waals surface area contributed by atoms with Crippen LogP contribution in [0.4, 0.5) is 0 Å². The second-order valence-corrected chi connectivity index (χ2v) is 6.66. The second-order valence-electron chi connectivity index (χ2n) is 6.66. The molecule has 6 nitrogen and oxygen atoms in total. The third-order valence-electron chi connectivity index (χ3n) is 4.77. The molecule has 0 saturated heterocycles. The Balaban J connectivity index is 1.99. The molecular weight excluding hydrogens is 368 g/mol. The van der Waals surface area contributed by atoms with Gasteiger partial charge in [-0.1, -0.05) is 24.3 Å². The standard InChI is InChI=1S/C23H20N2O4/c1-4-10-24(3)21(27)18-8-6-15(12-17(18)14-26)16-7-9-19-20(13-16)23(29)25(11-5-2)22(19)28/h4-9,12-14H,1-2,10-11H2,3H3. The minimum Gasteiger partial charge on any atom is -0.338 e. The first-order valence-corrected chi connectivity index (χ1v) is 9.00. The molecule has 0 aliphatic carbocycles. The summed E-state index contributed by atoms with van der Waals surface area (Å²) in [5.41, 5.74) is 2.53. The van der Waals surface area contributed by atoms with Gasteiger partial charge in [-0.3, -0.25) is 24.1 Å². The molecule has 0 aromatic heterocycles. The molecule has 1 aliphatic rings. The van der Waals surface area contributed by atoms with Crippen molar-refractivity contribution in [3.05, 3.63) is 84.0 Å². The van der Waals surface area contributed by atoms with Crippen molar-refractivity contribution in [1.82, 2.24) is 9.80 Å². The van der Waals surface area contributed by atoms with Crippen LogP contribution in [0.25, 0.3) is 11.1 Å². The number of likely N-dealkylation sites (N-methyl/N-ethyl adjacent to an activating group) is 1. The maximum atomic E-state index is 12.5. The smallest absolute Gasteiger partial charge is 0.261 e. The fraction of sp³-hybridized carbons (Fsp3) is 0.130. The van der Waals surface area contributed by atoms with Crippen molar-refractivity contribution in [2.45, 2.75) is 0 Å². The number of hydrogen-bond donors (Lipinski definition) is 0. The van der Waals surface area contributed by atoms with E-state index in [1.807, 2.05) is 0 Å². The predicted molar refractivity (Wildman–Crippen MR) is 110 cm³/mol. The van der Waals surface area contributed by atoms with Crippen molar-refractivity contribution in [3.63, 3.8) is 0 Å². The number of carbonyl (C=O) groups is 4. The van der Waals surface area contributed by atoms with Crippen LogP contribution in [0.1, 0.15) is 41.4 Å². The highest BCUT2D eigenvalue weighted by Gasteiger charge is 2.34. The van der Waals surface area contributed by atoms with Crippen LogP contribution < -0.4 is 0 Å². The van der Waals surface area contributed by atoms with Crippen molar-refractivity contribution < 1.29 is 19.2 Å². The Bertz CT molecular complexity index is 1050. The van der Waals surface area contributed by atoms with Crippen LogP contribution in [0, 0.1) is 0 Å². The third kappa shape index (κ3) is 3.52. The van der Waals surface area contributed by atoms with Crippen LogP contribution >= 0.6 is 0 Å². The van der Waals surface area contributed by atoms with Crippen LogP contribution in [-0.2, 0) is 0 Å². The van der Waals surface area contributed by atoms with Crippen LogP contribution in [0.3, 0.4) is 0 Å². The molecule has 2 aromatic carbocycles. The number of benzene rings is 2. The van der Waals surface area contributed by atoms with E-state index in [1.54, 1.807) is 49.5 Å². The molecular formula is C23H20N2O4. The Hall–Kier alpha value is -3.80. The summed E-state index contributed by atoms with van der Waals surface area (Å²) >= 11 is 0. The summed E-state index contributed by atoms with van der Waals surface area (Å²) in [7, 11) is 1.63. The van der Waals surface area contributed by atoms with Crippen molar-refractivity contribution in [2.75, 3.05) is 20.1 Å². The van der Waals surface area contributed by atoms with Gasteiger partial charge < -0.3 is 4.90 Å². The number of imide groups is 1. The van der Waals surface area contributed by atoms with Gasteiger partial charge in [0.2, 0.25) is 0 Å². The predicted octanol–water partition coefficient (Wildman–Crippen LogP) is 3.21. The zero-order valence-electron chi connectivity index (χ0n) is 16.1. The van der Waals surface area contributed by atoms with E-state index in [9.17, 15) is 19.2 Å². The lowest BCUT2D eigenvalue weighted by atomic mass is 9.96. The number of nitrogens with zero attached hydrogens (tertiary/aromatic N) is 2. The van der Waals surface area contributed by atoms with E-state index in [-0.39, 0.29) is 35.4 Å². The molecule has 0 fully saturated rings. The van der Waals surface area contributed by atoms with Gasteiger partial charge in [-0.25, -0.2) is 0 Å². The fourth-order valence-corrected chi connectivity index (χ4v) is 3.28. The molecule has 3 rings (SSSR count). The number of hydrogen-bond acceptors (Lipinski definition) is 4. The molecule has 1 heterocycles. The molecule has 0 atom stereocenters. The Labute approximate surface area is 168 Å². The van der Waals surface area contributed by atoms with Crippen LogP contribution in [0.5, 0.6) is 0 Å². The monoisotopic (exact) mass is 388 g/mol. The van der Waals surface area contributed by atoms with Gasteiger partial charge in [-0.05, 0) is 35.4 Å². The second kappa shape index (κ2) is 8.06. The minimum atomic E-state index is -0.375. The summed E-state index contributed by atoms with van der Waals surface area (Å²) in [5.74, 6) is -1.01. The Morgan fingerprint density at radius 2 is 1.66 bits per heavy atom. The van der Waals surface area contributed by atoms with Crippen LogP contribution in [0.15, 0.2) is 61.7 Å². The molecule has 0 spiro atoms. The molecule has 0 N–H and O–H groups in total. The maximum Gasteiger partial charge on any atom is 0.261 e. The zero-order chi connectivity index (χ0) is 21.1. The molecule has 2 aromatic rings. The Morgan fingerprint density at radius 3 is 2.31 bits per heavy atom. The van der Waals surface area contributed by atoms with E-state index >= 15 is 0 Å². The summed E-state index contributed by atoms with van der Waals surface area (Å²) in [4.78, 5) is 51.6. The number of amides is 3. The Morgan fingerprint density at radius 1 is 1.00 bits per heavy atom. The van der Waals surface area contributed by atoms with Gasteiger partial charge in [-0.2, -0.15) is 0 Å². The van der Waals surface area contributed by atoms with Gasteiger partial charge in [-0.15, -0.1) is 13.2 Å². The summed E-state index contributed by atoms with van der Waals surface area (Å²) in [5, 5.41) is 0. The van der Waals surface area contributed by atoms with Crippen LogP contribution in [0.2, 0.25) is 0 Å². The lowest BCUT2D eigenvalue weighted by Gasteiger charge is -2.16. The third-order valence-corrected chi connectivity index (χ3v) is 4.77. The average molecular weight is 388 g/mol. The highest BCUT2D eigenvalue weighted by molar-refractivity contribution is 6.21. The number of fused-ring (bicyclic) bond motifs is 1. The van der Waals surface area contributed by atoms with Crippen molar-refractivity contribution in [3.8, 4) is 11.1 Å². The SMILES string of the molecule is C=CCN(C)C(=O)c1ccc(-c2ccc3c(c2)C(=O)N(CC=C)C3=O)cc1C=O. The molecule has 146 valence electrons. The topological polar surface area (TPSA) is 74.8 Å². The first kappa shape index (κ1) is 19.9. The van der Waals surface area contributed by atoms with Gasteiger partial charge in [0.1, 0.15) is 0 Å². The Kier molecular flexibility index (Phi) is 5.54. The van der Waals surface area contributed by atoms with Crippen LogP contribution in [-0.4, -0.2) is 53.9 Å². The highest BCUT2D eigenvalue weighted by Crippen LogP contribution is 2.29. The van der Waals surface area contributed by atoms with E-state index in [4.69, 9.17) is 0 Å². The van der Waals surface area contributed by atoms with E-state index in [0.717, 1.165) is 4.90 Å². The lowest BCUT2D eigenvalue weighted by Crippen LogP contribution is -2.29. The summed E-state index contributed by atoms with van der Waals surface area (Å²) in [6.07, 6.45) is 3.73. The maximum absolute atomic E-state index is 12.5. The van der Waals surface area contributed by atoms with E-state index in [0.29, 0.717) is 35.1 Å². The van der Waals surface area contributed by atoms with Crippen molar-refractivity contribution in [1.29, 1.82) is 0 Å². The van der Waals surface area contributed by atoms with Gasteiger partial charge in [0.25, 0.3) is 17.7 Å². The molecule has 0 saturated carbocycles. The number of carbonyl (C=O) groups excluding carboxylic acids is 4. The normalized spacial score (nSPS) is 12.5. The molecule has 6 heteroatoms. The lowest BCUT2D eigenvalue weighted by molar-refractivity contribution is 0.0671. The summed E-state index contributed by atoms with van der Waals surface area (Å²) < 4.78 is 0. The first-order chi connectivity index (χ1) is 13.9. The van der Waals surface area contributed by atoms with Crippen molar-refractivity contribution >= 4 is 24.0 Å². The fourth-order valence-electron chi connectivity index (χ4n) is 3.28. The van der Waals surface area contributed by atoms with Gasteiger partial charge in [0, 0.05) is 25.7 Å². The van der Waals surface area contributed by atoms with E-state index in [2.05, 4.69) is 13.2 Å². The largest absolute Gasteiger partial charge is 0.338 e. The number of aldehydes is 1. The molecule has 1 aliphatic heterocycles. The highest BCUT2D eigenvalue weighted by atomic mass is 16.2. The average Bonchev–Trinajstić information content (AvgIpc) is 2.97. The first-order valence-electron chi connectivity index (χ1n) is 9.00. The minimum absolute atomic E-state index is 0.145. The molecule has 0 bridgehead atoms. The zero-order valence-corrected chi connectivity index (χ0v) is 16.1. The van der Waals surface area contributed by atoms with E-state index in [1.165, 1.54) is 11.0 Å². The molecule has 0 radical (unpaired) electrons. The van der Waals surface area contributed by atoms with E-state index < -0.39 is 0 Å². The molecule has 3 amide bonds. The summed E-state index contributed by atoms with van der Waals surface area (Å²) in [6.45, 7) is 7.68. The quantitative estimate of drug-likeness (QED) is 0.415. The van der Waals surface area contributed by atoms with Gasteiger partial charge in [0.05, 0.1) is 16.7 Å². The molecule has 29 heavy (non-hydrogen) atoms. The van der Waals surface area contributed by atoms with Gasteiger partial charge in [0.15, 0.2) is 6.29 Å². The molecule has 0 unspecified atom stereocenters. The summed E-state index contributed by atoms with van der Waals surface area (Å²) in [6, 6.07) is 9.86. The van der Waals surface area contributed by atoms with Crippen molar-refractivity contribution in [2.24, 2.45) is 0 Å². The van der Waals surface area contributed by atoms with Gasteiger partial charge >= 0.3 is 0 Å². The number of rotatable bonds is 7.